The summed E-state index contributed by atoms with van der Waals surface area (Å²) in [5.41, 5.74) is 2.50. The summed E-state index contributed by atoms with van der Waals surface area (Å²) in [6.07, 6.45) is 0. The van der Waals surface area contributed by atoms with Crippen LogP contribution in [0, 0.1) is 0 Å². The molecule has 10 nitrogen and oxygen atoms in total. The predicted molar refractivity (Wildman–Crippen MR) is 171 cm³/mol. The molecule has 0 radical (unpaired) electrons. The van der Waals surface area contributed by atoms with E-state index in [0.717, 1.165) is 11.1 Å². The maximum Gasteiger partial charge on any atom is 0.285 e. The van der Waals surface area contributed by atoms with Gasteiger partial charge in [-0.3, -0.25) is 0 Å². The van der Waals surface area contributed by atoms with Crippen molar-refractivity contribution in [2.75, 3.05) is 52.1 Å². The predicted octanol–water partition coefficient (Wildman–Crippen LogP) is 3.71. The molecule has 1 fully saturated rings. The molecule has 3 aromatic carbocycles. The molecule has 1 atom stereocenters. The normalized spacial score (nSPS) is 19.0. The van der Waals surface area contributed by atoms with Crippen LogP contribution in [0.25, 0.3) is 0 Å². The van der Waals surface area contributed by atoms with Gasteiger partial charge in [0.25, 0.3) is 10.0 Å². The standard InChI is InChI=1S/C29H32Cl2N6O4S2/c1-35-16-18-36(19-17-35)42(38,39)20-15-32-29(34-43(40,41)26-13-11-25(31)12-14-26)37-21-27(22-5-3-2-4-6-22)28(33-37)23-7-9-24(30)10-8-23/h2-14,27H,15-21H2,1H3,(H,32,34)/t27-/m0/s1. The van der Waals surface area contributed by atoms with Crippen molar-refractivity contribution < 1.29 is 16.8 Å². The van der Waals surface area contributed by atoms with E-state index in [0.29, 0.717) is 41.9 Å². The second-order valence-electron chi connectivity index (χ2n) is 10.3. The van der Waals surface area contributed by atoms with Crippen molar-refractivity contribution in [2.24, 2.45) is 9.50 Å². The zero-order valence-corrected chi connectivity index (χ0v) is 26.6. The number of likely N-dealkylation sites (N-methyl/N-ethyl adjacent to an activating group) is 1. The molecule has 2 aliphatic heterocycles. The highest BCUT2D eigenvalue weighted by Gasteiger charge is 2.33. The summed E-state index contributed by atoms with van der Waals surface area (Å²) in [5, 5.41) is 10.2. The summed E-state index contributed by atoms with van der Waals surface area (Å²) in [4.78, 5) is 2.02. The van der Waals surface area contributed by atoms with Gasteiger partial charge < -0.3 is 10.2 Å². The summed E-state index contributed by atoms with van der Waals surface area (Å²) in [6, 6.07) is 22.7. The molecule has 1 saturated heterocycles. The molecule has 0 spiro atoms. The van der Waals surface area contributed by atoms with Gasteiger partial charge in [0, 0.05) is 48.7 Å². The number of hydrogen-bond acceptors (Lipinski definition) is 6. The first-order valence-electron chi connectivity index (χ1n) is 13.7. The van der Waals surface area contributed by atoms with Gasteiger partial charge in [0.05, 0.1) is 22.9 Å². The fourth-order valence-electron chi connectivity index (χ4n) is 4.89. The van der Waals surface area contributed by atoms with Crippen molar-refractivity contribution in [1.82, 2.24) is 19.5 Å². The summed E-state index contributed by atoms with van der Waals surface area (Å²) < 4.78 is 58.5. The first-order chi connectivity index (χ1) is 20.5. The molecule has 2 heterocycles. The molecule has 3 aromatic rings. The van der Waals surface area contributed by atoms with E-state index in [1.54, 1.807) is 12.1 Å². The van der Waals surface area contributed by atoms with Crippen LogP contribution in [0.4, 0.5) is 0 Å². The monoisotopic (exact) mass is 662 g/mol. The minimum absolute atomic E-state index is 0.0537. The number of rotatable bonds is 8. The van der Waals surface area contributed by atoms with E-state index in [1.807, 2.05) is 49.5 Å². The Hall–Kier alpha value is -3.00. The van der Waals surface area contributed by atoms with Crippen LogP contribution in [0.5, 0.6) is 0 Å². The second-order valence-corrected chi connectivity index (χ2v) is 14.9. The van der Waals surface area contributed by atoms with E-state index < -0.39 is 20.0 Å². The van der Waals surface area contributed by atoms with Crippen LogP contribution < -0.4 is 5.32 Å². The largest absolute Gasteiger partial charge is 0.353 e. The zero-order valence-electron chi connectivity index (χ0n) is 23.5. The van der Waals surface area contributed by atoms with E-state index in [1.165, 1.54) is 33.6 Å². The summed E-state index contributed by atoms with van der Waals surface area (Å²) in [7, 11) is -5.83. The minimum Gasteiger partial charge on any atom is -0.353 e. The Balaban J connectivity index is 1.47. The van der Waals surface area contributed by atoms with Gasteiger partial charge in [0.1, 0.15) is 0 Å². The fourth-order valence-corrected chi connectivity index (χ4v) is 7.45. The van der Waals surface area contributed by atoms with Gasteiger partial charge in [-0.05, 0) is 54.6 Å². The van der Waals surface area contributed by atoms with Crippen molar-refractivity contribution >= 4 is 54.9 Å². The summed E-state index contributed by atoms with van der Waals surface area (Å²) in [6.45, 7) is 2.32. The molecule has 2 aliphatic rings. The maximum absolute atomic E-state index is 13.4. The van der Waals surface area contributed by atoms with Crippen LogP contribution in [0.1, 0.15) is 17.0 Å². The first-order valence-corrected chi connectivity index (χ1v) is 17.5. The third-order valence-electron chi connectivity index (χ3n) is 7.32. The topological polar surface area (TPSA) is 115 Å². The number of piperazine rings is 1. The van der Waals surface area contributed by atoms with Crippen LogP contribution in [0.15, 0.2) is 93.3 Å². The third-order valence-corrected chi connectivity index (χ3v) is 11.0. The maximum atomic E-state index is 13.4. The number of benzene rings is 3. The van der Waals surface area contributed by atoms with Crippen LogP contribution in [-0.2, 0) is 20.0 Å². The van der Waals surface area contributed by atoms with Crippen molar-refractivity contribution in [3.8, 4) is 0 Å². The molecule has 0 aromatic heterocycles. The van der Waals surface area contributed by atoms with Gasteiger partial charge in [-0.25, -0.2) is 13.4 Å². The van der Waals surface area contributed by atoms with Crippen molar-refractivity contribution in [3.63, 3.8) is 0 Å². The molecule has 5 rings (SSSR count). The molecular formula is C29H32Cl2N6O4S2. The number of halogens is 2. The number of sulfonamides is 2. The van der Waals surface area contributed by atoms with Gasteiger partial charge in [-0.1, -0.05) is 65.7 Å². The van der Waals surface area contributed by atoms with Gasteiger partial charge in [-0.2, -0.15) is 17.8 Å². The van der Waals surface area contributed by atoms with Gasteiger partial charge >= 0.3 is 0 Å². The lowest BCUT2D eigenvalue weighted by Gasteiger charge is -2.31. The number of hydrazone groups is 1. The van der Waals surface area contributed by atoms with Crippen LogP contribution in [0.2, 0.25) is 10.0 Å². The smallest absolute Gasteiger partial charge is 0.285 e. The Bertz CT molecular complexity index is 1690. The fraction of sp³-hybridized carbons (Fsp3) is 0.310. The van der Waals surface area contributed by atoms with E-state index in [9.17, 15) is 16.8 Å². The Kier molecular flexibility index (Phi) is 9.74. The third kappa shape index (κ3) is 7.75. The Labute approximate surface area is 262 Å². The minimum atomic E-state index is -4.20. The van der Waals surface area contributed by atoms with E-state index >= 15 is 0 Å². The van der Waals surface area contributed by atoms with E-state index in [-0.39, 0.29) is 35.6 Å². The number of hydrogen-bond donors (Lipinski definition) is 1. The summed E-state index contributed by atoms with van der Waals surface area (Å²) >= 11 is 12.1. The molecule has 0 aliphatic carbocycles. The SMILES string of the molecule is CN1CCN(S(=O)(=O)CCN/C(=N\S(=O)(=O)c2ccc(Cl)cc2)N2C[C@@H](c3ccccc3)C(c3ccc(Cl)cc3)=N2)CC1. The highest BCUT2D eigenvalue weighted by atomic mass is 35.5. The number of nitrogens with zero attached hydrogens (tertiary/aromatic N) is 5. The molecule has 0 bridgehead atoms. The van der Waals surface area contributed by atoms with Crippen LogP contribution >= 0.6 is 23.2 Å². The lowest BCUT2D eigenvalue weighted by atomic mass is 9.91. The van der Waals surface area contributed by atoms with Gasteiger partial charge in [0.15, 0.2) is 0 Å². The molecule has 1 N–H and O–H groups in total. The van der Waals surface area contributed by atoms with Crippen LogP contribution in [0.3, 0.4) is 0 Å². The molecule has 14 heteroatoms. The second kappa shape index (κ2) is 13.3. The first kappa shape index (κ1) is 31.4. The summed E-state index contributed by atoms with van der Waals surface area (Å²) in [5.74, 6) is -0.532. The number of nitrogens with one attached hydrogen (secondary N) is 1. The quantitative estimate of drug-likeness (QED) is 0.289. The number of guanidine groups is 1. The van der Waals surface area contributed by atoms with E-state index in [2.05, 4.69) is 14.6 Å². The lowest BCUT2D eigenvalue weighted by molar-refractivity contribution is 0.222. The molecule has 228 valence electrons. The van der Waals surface area contributed by atoms with Gasteiger partial charge in [-0.15, -0.1) is 4.40 Å². The average Bonchev–Trinajstić information content (AvgIpc) is 3.43. The van der Waals surface area contributed by atoms with Crippen molar-refractivity contribution in [2.45, 2.75) is 10.8 Å². The molecule has 43 heavy (non-hydrogen) atoms. The molecule has 0 amide bonds. The average molecular weight is 664 g/mol. The highest BCUT2D eigenvalue weighted by Crippen LogP contribution is 2.30. The zero-order chi connectivity index (χ0) is 30.6. The molecule has 0 saturated carbocycles. The molecule has 0 unspecified atom stereocenters. The van der Waals surface area contributed by atoms with Gasteiger partial charge in [0.2, 0.25) is 16.0 Å². The van der Waals surface area contributed by atoms with Crippen molar-refractivity contribution in [3.05, 3.63) is 100 Å². The van der Waals surface area contributed by atoms with E-state index in [4.69, 9.17) is 28.3 Å². The van der Waals surface area contributed by atoms with Crippen molar-refractivity contribution in [1.29, 1.82) is 0 Å². The molecular weight excluding hydrogens is 631 g/mol. The lowest BCUT2D eigenvalue weighted by Crippen LogP contribution is -2.49. The highest BCUT2D eigenvalue weighted by molar-refractivity contribution is 7.90. The Morgan fingerprint density at radius 3 is 2.12 bits per heavy atom. The Morgan fingerprint density at radius 1 is 0.884 bits per heavy atom. The Morgan fingerprint density at radius 2 is 1.49 bits per heavy atom. The van der Waals surface area contributed by atoms with Crippen LogP contribution in [-0.4, -0.2) is 94.8 Å².